The Kier molecular flexibility index (Phi) is 7.71. The molecule has 1 unspecified atom stereocenters. The van der Waals surface area contributed by atoms with Crippen LogP contribution in [0, 0.1) is 0 Å². The van der Waals surface area contributed by atoms with Crippen LogP contribution in [0.25, 0.3) is 77.2 Å². The van der Waals surface area contributed by atoms with Gasteiger partial charge >= 0.3 is 0 Å². The molecule has 0 fully saturated rings. The van der Waals surface area contributed by atoms with Gasteiger partial charge in [-0.25, -0.2) is 0 Å². The number of para-hydroxylation sites is 1. The van der Waals surface area contributed by atoms with E-state index in [9.17, 15) is 0 Å². The lowest BCUT2D eigenvalue weighted by Crippen LogP contribution is -2.25. The molecule has 10 aromatic carbocycles. The molecule has 1 atom stereocenters. The quantitative estimate of drug-likeness (QED) is 0.164. The molecule has 1 spiro atoms. The summed E-state index contributed by atoms with van der Waals surface area (Å²) in [5.74, 6) is 0.141. The minimum Gasteiger partial charge on any atom is -0.455 e. The zero-order valence-corrected chi connectivity index (χ0v) is 34.1. The summed E-state index contributed by atoms with van der Waals surface area (Å²) < 4.78 is 6.52. The maximum Gasteiger partial charge on any atom is 0.143 e. The molecular formula is C61H40O. The van der Waals surface area contributed by atoms with Crippen LogP contribution in [0.1, 0.15) is 44.9 Å². The van der Waals surface area contributed by atoms with Gasteiger partial charge in [0.1, 0.15) is 11.2 Å². The lowest BCUT2D eigenvalue weighted by atomic mass is 9.70. The molecule has 290 valence electrons. The Hall–Kier alpha value is -7.74. The fraction of sp³-hybridized carbons (Fsp3) is 0.0492. The summed E-state index contributed by atoms with van der Waals surface area (Å²) in [5.41, 5.74) is 21.2. The van der Waals surface area contributed by atoms with E-state index >= 15 is 0 Å². The van der Waals surface area contributed by atoms with Crippen LogP contribution in [0.2, 0.25) is 0 Å². The van der Waals surface area contributed by atoms with Crippen molar-refractivity contribution in [3.63, 3.8) is 0 Å². The first kappa shape index (κ1) is 35.1. The van der Waals surface area contributed by atoms with E-state index in [2.05, 4.69) is 224 Å². The van der Waals surface area contributed by atoms with Crippen molar-refractivity contribution < 1.29 is 4.42 Å². The second kappa shape index (κ2) is 13.6. The third-order valence-electron chi connectivity index (χ3n) is 13.9. The third-order valence-corrected chi connectivity index (χ3v) is 13.9. The molecule has 1 heterocycles. The highest BCUT2D eigenvalue weighted by Crippen LogP contribution is 2.64. The van der Waals surface area contributed by atoms with Crippen molar-refractivity contribution >= 4 is 32.7 Å². The second-order valence-electron chi connectivity index (χ2n) is 17.0. The van der Waals surface area contributed by atoms with E-state index < -0.39 is 0 Å². The standard InChI is InChI=1S/C61H40O/c1-2-17-40(18-3-1)51(52-38-53-47-24-11-15-32-58(47)62-60(53)49-25-7-6-21-44(49)52)37-39-33-35-41(36-34-39)42-19-4-5-20-43(42)48-27-16-31-57-59(48)50-26-10-14-30-56(50)61(57)54-28-12-8-22-45(54)46-23-9-13-29-55(46)61/h1-36,38,51H,37H2. The van der Waals surface area contributed by atoms with E-state index in [1.807, 2.05) is 0 Å². The predicted octanol–water partition coefficient (Wildman–Crippen LogP) is 15.8. The van der Waals surface area contributed by atoms with Gasteiger partial charge in [0.25, 0.3) is 0 Å². The zero-order chi connectivity index (χ0) is 40.8. The number of furan rings is 1. The molecular weight excluding hydrogens is 749 g/mol. The average molecular weight is 789 g/mol. The van der Waals surface area contributed by atoms with E-state index in [1.54, 1.807) is 0 Å². The minimum absolute atomic E-state index is 0.141. The summed E-state index contributed by atoms with van der Waals surface area (Å²) in [4.78, 5) is 0. The Morgan fingerprint density at radius 2 is 0.903 bits per heavy atom. The smallest absolute Gasteiger partial charge is 0.143 e. The fourth-order valence-corrected chi connectivity index (χ4v) is 11.3. The molecule has 0 aliphatic heterocycles. The van der Waals surface area contributed by atoms with Crippen molar-refractivity contribution in [3.05, 3.63) is 263 Å². The first-order chi connectivity index (χ1) is 30.8. The Balaban J connectivity index is 0.929. The van der Waals surface area contributed by atoms with Crippen LogP contribution in [-0.2, 0) is 11.8 Å². The van der Waals surface area contributed by atoms with Gasteiger partial charge in [0.2, 0.25) is 0 Å². The summed E-state index contributed by atoms with van der Waals surface area (Å²) in [6.45, 7) is 0. The van der Waals surface area contributed by atoms with Crippen LogP contribution < -0.4 is 0 Å². The average Bonchev–Trinajstić information content (AvgIpc) is 3.98. The molecule has 0 radical (unpaired) electrons. The molecule has 2 aliphatic rings. The number of hydrogen-bond donors (Lipinski definition) is 0. The van der Waals surface area contributed by atoms with Crippen molar-refractivity contribution in [3.8, 4) is 44.5 Å². The first-order valence-electron chi connectivity index (χ1n) is 21.8. The van der Waals surface area contributed by atoms with E-state index in [0.717, 1.165) is 28.4 Å². The Labute approximate surface area is 361 Å². The largest absolute Gasteiger partial charge is 0.455 e. The monoisotopic (exact) mass is 788 g/mol. The van der Waals surface area contributed by atoms with Crippen molar-refractivity contribution in [2.24, 2.45) is 0 Å². The molecule has 13 rings (SSSR count). The van der Waals surface area contributed by atoms with Gasteiger partial charge in [-0.05, 0) is 107 Å². The summed E-state index contributed by atoms with van der Waals surface area (Å²) in [6, 6.07) is 83.2. The molecule has 0 saturated carbocycles. The highest BCUT2D eigenvalue weighted by Gasteiger charge is 2.52. The summed E-state index contributed by atoms with van der Waals surface area (Å²) >= 11 is 0. The van der Waals surface area contributed by atoms with Crippen molar-refractivity contribution in [1.29, 1.82) is 0 Å². The normalized spacial score (nSPS) is 13.6. The maximum atomic E-state index is 6.52. The number of hydrogen-bond acceptors (Lipinski definition) is 1. The predicted molar refractivity (Wildman–Crippen MR) is 257 cm³/mol. The van der Waals surface area contributed by atoms with E-state index in [4.69, 9.17) is 4.42 Å². The molecule has 2 aliphatic carbocycles. The van der Waals surface area contributed by atoms with Gasteiger partial charge in [-0.1, -0.05) is 212 Å². The van der Waals surface area contributed by atoms with Crippen LogP contribution in [0.4, 0.5) is 0 Å². The van der Waals surface area contributed by atoms with Gasteiger partial charge in [-0.2, -0.15) is 0 Å². The Morgan fingerprint density at radius 3 is 1.63 bits per heavy atom. The van der Waals surface area contributed by atoms with Crippen LogP contribution >= 0.6 is 0 Å². The van der Waals surface area contributed by atoms with E-state index in [0.29, 0.717) is 0 Å². The number of fused-ring (bicyclic) bond motifs is 15. The van der Waals surface area contributed by atoms with Crippen molar-refractivity contribution in [2.45, 2.75) is 17.8 Å². The SMILES string of the molecule is c1ccc(C(Cc2ccc(-c3ccccc3-c3cccc4c3-c3ccccc3C43c4ccccc4-c4ccccc43)cc2)c2cc3c4ccccc4oc3c3ccccc23)cc1. The van der Waals surface area contributed by atoms with Gasteiger partial charge in [-0.3, -0.25) is 0 Å². The fourth-order valence-electron chi connectivity index (χ4n) is 11.3. The maximum absolute atomic E-state index is 6.52. The summed E-state index contributed by atoms with van der Waals surface area (Å²) in [7, 11) is 0. The van der Waals surface area contributed by atoms with E-state index in [-0.39, 0.29) is 11.3 Å². The van der Waals surface area contributed by atoms with Gasteiger partial charge in [0.05, 0.1) is 5.41 Å². The van der Waals surface area contributed by atoms with Crippen LogP contribution in [0.5, 0.6) is 0 Å². The first-order valence-corrected chi connectivity index (χ1v) is 21.8. The molecule has 0 N–H and O–H groups in total. The molecule has 0 bridgehead atoms. The van der Waals surface area contributed by atoms with Crippen LogP contribution in [0.3, 0.4) is 0 Å². The number of benzene rings is 10. The van der Waals surface area contributed by atoms with Crippen LogP contribution in [0.15, 0.2) is 229 Å². The van der Waals surface area contributed by atoms with Gasteiger partial charge in [0, 0.05) is 22.1 Å². The second-order valence-corrected chi connectivity index (χ2v) is 17.0. The van der Waals surface area contributed by atoms with Crippen molar-refractivity contribution in [2.75, 3.05) is 0 Å². The van der Waals surface area contributed by atoms with E-state index in [1.165, 1.54) is 94.2 Å². The Bertz CT molecular complexity index is 3510. The molecule has 0 amide bonds. The molecule has 1 heteroatoms. The molecule has 1 nitrogen and oxygen atoms in total. The minimum atomic E-state index is -0.373. The number of rotatable bonds is 6. The Morgan fingerprint density at radius 1 is 0.371 bits per heavy atom. The zero-order valence-electron chi connectivity index (χ0n) is 34.1. The summed E-state index contributed by atoms with van der Waals surface area (Å²) in [6.07, 6.45) is 0.866. The van der Waals surface area contributed by atoms with Crippen molar-refractivity contribution in [1.82, 2.24) is 0 Å². The van der Waals surface area contributed by atoms with Gasteiger partial charge < -0.3 is 4.42 Å². The molecule has 0 saturated heterocycles. The van der Waals surface area contributed by atoms with Gasteiger partial charge in [-0.15, -0.1) is 0 Å². The molecule has 11 aromatic rings. The van der Waals surface area contributed by atoms with Crippen LogP contribution in [-0.4, -0.2) is 0 Å². The lowest BCUT2D eigenvalue weighted by Gasteiger charge is -2.30. The highest BCUT2D eigenvalue weighted by molar-refractivity contribution is 6.16. The van der Waals surface area contributed by atoms with Gasteiger partial charge in [0.15, 0.2) is 0 Å². The molecule has 62 heavy (non-hydrogen) atoms. The summed E-state index contributed by atoms with van der Waals surface area (Å²) in [5, 5.41) is 4.72. The third kappa shape index (κ3) is 4.97. The lowest BCUT2D eigenvalue weighted by molar-refractivity contribution is 0.672. The topological polar surface area (TPSA) is 13.1 Å². The highest BCUT2D eigenvalue weighted by atomic mass is 16.3. The molecule has 1 aromatic heterocycles.